The number of hydrogen-bond donors (Lipinski definition) is 3. The number of amides is 2. The minimum Gasteiger partial charge on any atom is -0.480 e. The Morgan fingerprint density at radius 3 is 2.46 bits per heavy atom. The summed E-state index contributed by atoms with van der Waals surface area (Å²) >= 11 is 0. The molecule has 1 aromatic carbocycles. The van der Waals surface area contributed by atoms with Crippen LogP contribution in [0.4, 0.5) is 16.4 Å². The van der Waals surface area contributed by atoms with Crippen LogP contribution in [-0.2, 0) is 16.0 Å². The van der Waals surface area contributed by atoms with Crippen molar-refractivity contribution in [2.45, 2.75) is 32.4 Å². The summed E-state index contributed by atoms with van der Waals surface area (Å²) < 4.78 is 5.39. The number of nitrogens with one attached hydrogen (secondary N) is 2. The summed E-state index contributed by atoms with van der Waals surface area (Å²) in [5, 5.41) is 15.7. The van der Waals surface area contributed by atoms with E-state index < -0.39 is 18.1 Å². The van der Waals surface area contributed by atoms with Crippen LogP contribution in [0.3, 0.4) is 0 Å². The van der Waals surface area contributed by atoms with Gasteiger partial charge in [0.05, 0.1) is 6.54 Å². The molecule has 1 fully saturated rings. The number of rotatable bonds is 10. The van der Waals surface area contributed by atoms with Gasteiger partial charge in [0.1, 0.15) is 29.8 Å². The van der Waals surface area contributed by atoms with E-state index in [4.69, 9.17) is 4.74 Å². The van der Waals surface area contributed by atoms with Crippen molar-refractivity contribution in [1.82, 2.24) is 25.1 Å². The van der Waals surface area contributed by atoms with Gasteiger partial charge in [0.25, 0.3) is 0 Å². The molecule has 1 atom stereocenters. The number of hydrogen-bond acceptors (Lipinski definition) is 9. The topological polar surface area (TPSA) is 140 Å². The minimum atomic E-state index is -1.07. The van der Waals surface area contributed by atoms with Crippen molar-refractivity contribution >= 4 is 29.6 Å². The van der Waals surface area contributed by atoms with Crippen molar-refractivity contribution in [3.63, 3.8) is 0 Å². The molecular weight excluding hydrogens is 478 g/mol. The van der Waals surface area contributed by atoms with Crippen LogP contribution < -0.4 is 20.3 Å². The first-order valence-corrected chi connectivity index (χ1v) is 12.2. The number of ether oxygens (including phenoxy) is 1. The number of carboxylic acids is 1. The normalized spacial score (nSPS) is 14.7. The molecule has 1 aromatic heterocycles. The molecule has 1 saturated heterocycles. The Morgan fingerprint density at radius 2 is 1.81 bits per heavy atom. The highest BCUT2D eigenvalue weighted by atomic mass is 16.6. The largest absolute Gasteiger partial charge is 0.480 e. The third-order valence-corrected chi connectivity index (χ3v) is 5.75. The zero-order valence-corrected chi connectivity index (χ0v) is 21.7. The maximum atomic E-state index is 12.1. The number of carbonyl (C=O) groups excluding carboxylic acids is 2. The molecule has 12 nitrogen and oxygen atoms in total. The molecule has 37 heavy (non-hydrogen) atoms. The fourth-order valence-corrected chi connectivity index (χ4v) is 3.86. The first-order valence-electron chi connectivity index (χ1n) is 12.2. The zero-order valence-electron chi connectivity index (χ0n) is 21.7. The van der Waals surface area contributed by atoms with E-state index in [1.54, 1.807) is 44.4 Å². The van der Waals surface area contributed by atoms with Crippen LogP contribution in [0, 0.1) is 0 Å². The number of aliphatic carboxylic acids is 1. The summed E-state index contributed by atoms with van der Waals surface area (Å²) in [4.78, 5) is 50.1. The van der Waals surface area contributed by atoms with E-state index in [2.05, 4.69) is 30.4 Å². The Bertz CT molecular complexity index is 1090. The van der Waals surface area contributed by atoms with Crippen molar-refractivity contribution in [2.24, 2.45) is 0 Å². The molecule has 200 valence electrons. The quantitative estimate of drug-likeness (QED) is 0.426. The standard InChI is InChI=1S/C25H35N7O5/c1-17(2)28-23(33)15-31-9-11-32(12-10-31)22-14-21(26-16-27-22)29-19(24(34)35)13-18-7-5-6-8-20(18)37-25(36)30(3)4/h5-8,14,16-17,19H,9-13,15H2,1-4H3,(H,28,33)(H,34,35)(H,26,27,29)/t19-/m0/s1. The van der Waals surface area contributed by atoms with Gasteiger partial charge in [-0.05, 0) is 25.5 Å². The number of benzene rings is 1. The maximum Gasteiger partial charge on any atom is 0.414 e. The number of nitrogens with zero attached hydrogens (tertiary/aromatic N) is 5. The number of piperazine rings is 1. The lowest BCUT2D eigenvalue weighted by Gasteiger charge is -2.35. The number of carbonyl (C=O) groups is 3. The van der Waals surface area contributed by atoms with Crippen LogP contribution in [0.15, 0.2) is 36.7 Å². The fourth-order valence-electron chi connectivity index (χ4n) is 3.86. The van der Waals surface area contributed by atoms with Gasteiger partial charge in [-0.15, -0.1) is 0 Å². The molecule has 0 spiro atoms. The van der Waals surface area contributed by atoms with Crippen LogP contribution in [0.1, 0.15) is 19.4 Å². The van der Waals surface area contributed by atoms with Crippen LogP contribution in [0.25, 0.3) is 0 Å². The summed E-state index contributed by atoms with van der Waals surface area (Å²) in [6, 6.07) is 7.64. The average molecular weight is 514 g/mol. The Labute approximate surface area is 216 Å². The van der Waals surface area contributed by atoms with E-state index in [1.165, 1.54) is 11.2 Å². The highest BCUT2D eigenvalue weighted by Crippen LogP contribution is 2.22. The van der Waals surface area contributed by atoms with Crippen molar-refractivity contribution in [1.29, 1.82) is 0 Å². The van der Waals surface area contributed by atoms with Crippen molar-refractivity contribution < 1.29 is 24.2 Å². The molecule has 12 heteroatoms. The molecule has 2 amide bonds. The maximum absolute atomic E-state index is 12.1. The number of para-hydroxylation sites is 1. The van der Waals surface area contributed by atoms with Crippen LogP contribution >= 0.6 is 0 Å². The fraction of sp³-hybridized carbons (Fsp3) is 0.480. The van der Waals surface area contributed by atoms with E-state index in [9.17, 15) is 19.5 Å². The van der Waals surface area contributed by atoms with Gasteiger partial charge in [-0.3, -0.25) is 9.69 Å². The summed E-state index contributed by atoms with van der Waals surface area (Å²) in [5.41, 5.74) is 0.574. The molecule has 1 aliphatic heterocycles. The van der Waals surface area contributed by atoms with Gasteiger partial charge < -0.3 is 30.3 Å². The minimum absolute atomic E-state index is 0.00902. The van der Waals surface area contributed by atoms with Gasteiger partial charge in [0, 0.05) is 58.8 Å². The number of anilines is 2. The van der Waals surface area contributed by atoms with Gasteiger partial charge in [0.2, 0.25) is 5.91 Å². The highest BCUT2D eigenvalue weighted by Gasteiger charge is 2.23. The average Bonchev–Trinajstić information content (AvgIpc) is 2.84. The molecule has 0 bridgehead atoms. The van der Waals surface area contributed by atoms with E-state index in [-0.39, 0.29) is 18.4 Å². The van der Waals surface area contributed by atoms with Crippen LogP contribution in [0.5, 0.6) is 5.75 Å². The Kier molecular flexibility index (Phi) is 9.61. The lowest BCUT2D eigenvalue weighted by Crippen LogP contribution is -2.50. The Hall–Kier alpha value is -3.93. The molecular formula is C25H35N7O5. The molecule has 1 aliphatic rings. The molecule has 3 N–H and O–H groups in total. The van der Waals surface area contributed by atoms with Gasteiger partial charge in [-0.25, -0.2) is 19.6 Å². The van der Waals surface area contributed by atoms with Crippen molar-refractivity contribution in [3.05, 3.63) is 42.2 Å². The lowest BCUT2D eigenvalue weighted by atomic mass is 10.0. The monoisotopic (exact) mass is 513 g/mol. The molecule has 3 rings (SSSR count). The zero-order chi connectivity index (χ0) is 26.9. The van der Waals surface area contributed by atoms with Gasteiger partial charge >= 0.3 is 12.1 Å². The highest BCUT2D eigenvalue weighted by molar-refractivity contribution is 5.78. The van der Waals surface area contributed by atoms with Gasteiger partial charge in [-0.2, -0.15) is 0 Å². The third kappa shape index (κ3) is 8.31. The second-order valence-electron chi connectivity index (χ2n) is 9.36. The predicted molar refractivity (Wildman–Crippen MR) is 139 cm³/mol. The second kappa shape index (κ2) is 12.9. The molecule has 0 aliphatic carbocycles. The van der Waals surface area contributed by atoms with Crippen LogP contribution in [0.2, 0.25) is 0 Å². The Morgan fingerprint density at radius 1 is 1.11 bits per heavy atom. The van der Waals surface area contributed by atoms with Gasteiger partial charge in [-0.1, -0.05) is 18.2 Å². The van der Waals surface area contributed by atoms with E-state index in [0.717, 1.165) is 0 Å². The molecule has 0 saturated carbocycles. The van der Waals surface area contributed by atoms with Gasteiger partial charge in [0.15, 0.2) is 0 Å². The van der Waals surface area contributed by atoms with Crippen LogP contribution in [-0.4, -0.2) is 102 Å². The SMILES string of the molecule is CC(C)NC(=O)CN1CCN(c2cc(N[C@@H](Cc3ccccc3OC(=O)N(C)C)C(=O)O)ncn2)CC1. The molecule has 0 radical (unpaired) electrons. The van der Waals surface area contributed by atoms with E-state index >= 15 is 0 Å². The summed E-state index contributed by atoms with van der Waals surface area (Å²) in [7, 11) is 3.14. The van der Waals surface area contributed by atoms with Crippen molar-refractivity contribution in [2.75, 3.05) is 57.0 Å². The molecule has 0 unspecified atom stereocenters. The first-order chi connectivity index (χ1) is 17.6. The summed E-state index contributed by atoms with van der Waals surface area (Å²) in [6.45, 7) is 7.00. The molecule has 2 aromatic rings. The summed E-state index contributed by atoms with van der Waals surface area (Å²) in [6.07, 6.45) is 0.919. The summed E-state index contributed by atoms with van der Waals surface area (Å²) in [5.74, 6) is 0.293. The smallest absolute Gasteiger partial charge is 0.414 e. The van der Waals surface area contributed by atoms with E-state index in [1.807, 2.05) is 13.8 Å². The van der Waals surface area contributed by atoms with E-state index in [0.29, 0.717) is 55.7 Å². The third-order valence-electron chi connectivity index (χ3n) is 5.75. The second-order valence-corrected chi connectivity index (χ2v) is 9.36. The Balaban J connectivity index is 1.64. The number of carboxylic acid groups (broad SMARTS) is 1. The lowest BCUT2D eigenvalue weighted by molar-refractivity contribution is -0.137. The number of aromatic nitrogens is 2. The van der Waals surface area contributed by atoms with Crippen molar-refractivity contribution in [3.8, 4) is 5.75 Å². The first kappa shape index (κ1) is 27.7. The molecule has 2 heterocycles. The predicted octanol–water partition coefficient (Wildman–Crippen LogP) is 1.29.